The Balaban J connectivity index is 2.09. The molecule has 1 saturated heterocycles. The van der Waals surface area contributed by atoms with E-state index in [2.05, 4.69) is 0 Å². The van der Waals surface area contributed by atoms with Gasteiger partial charge in [-0.05, 0) is 19.3 Å². The third-order valence-electron chi connectivity index (χ3n) is 2.77. The number of rotatable bonds is 2. The first kappa shape index (κ1) is 7.10. The van der Waals surface area contributed by atoms with E-state index >= 15 is 0 Å². The Kier molecular flexibility index (Phi) is 1.42. The fourth-order valence-corrected chi connectivity index (χ4v) is 1.81. The Hall–Kier alpha value is -0.570. The van der Waals surface area contributed by atoms with E-state index in [-0.39, 0.29) is 18.1 Å². The molecule has 2 rings (SSSR count). The van der Waals surface area contributed by atoms with Crippen LogP contribution in [0.3, 0.4) is 0 Å². The molecule has 0 aromatic rings. The van der Waals surface area contributed by atoms with Crippen LogP contribution in [0.1, 0.15) is 25.7 Å². The lowest BCUT2D eigenvalue weighted by Crippen LogP contribution is -2.40. The number of aliphatic hydroxyl groups excluding tert-OH is 1. The van der Waals surface area contributed by atoms with E-state index in [9.17, 15) is 4.79 Å². The van der Waals surface area contributed by atoms with E-state index in [0.717, 1.165) is 25.8 Å². The molecule has 0 unspecified atom stereocenters. The fourth-order valence-electron chi connectivity index (χ4n) is 1.81. The first-order valence-corrected chi connectivity index (χ1v) is 4.20. The van der Waals surface area contributed by atoms with Crippen LogP contribution in [-0.2, 0) is 4.79 Å². The summed E-state index contributed by atoms with van der Waals surface area (Å²) in [6.45, 7) is 1.01. The summed E-state index contributed by atoms with van der Waals surface area (Å²) in [5, 5.41) is 9.04. The molecule has 0 radical (unpaired) electrons. The Morgan fingerprint density at radius 3 is 2.64 bits per heavy atom. The van der Waals surface area contributed by atoms with Crippen molar-refractivity contribution in [3.05, 3.63) is 0 Å². The van der Waals surface area contributed by atoms with Crippen molar-refractivity contribution in [1.29, 1.82) is 0 Å². The highest BCUT2D eigenvalue weighted by atomic mass is 16.3. The molecule has 2 fully saturated rings. The molecule has 3 nitrogen and oxygen atoms in total. The van der Waals surface area contributed by atoms with Gasteiger partial charge in [0, 0.05) is 13.0 Å². The van der Waals surface area contributed by atoms with Gasteiger partial charge in [0.25, 0.3) is 0 Å². The summed E-state index contributed by atoms with van der Waals surface area (Å²) in [5.74, 6) is 0.233. The Bertz CT molecular complexity index is 187. The lowest BCUT2D eigenvalue weighted by Gasteiger charge is -2.25. The van der Waals surface area contributed by atoms with E-state index in [1.165, 1.54) is 0 Å². The number of carbonyl (C=O) groups is 1. The number of carbonyl (C=O) groups excluding carboxylic acids is 1. The zero-order valence-electron chi connectivity index (χ0n) is 6.55. The van der Waals surface area contributed by atoms with Crippen LogP contribution < -0.4 is 0 Å². The van der Waals surface area contributed by atoms with Gasteiger partial charge in [-0.15, -0.1) is 0 Å². The molecule has 1 saturated carbocycles. The zero-order valence-corrected chi connectivity index (χ0v) is 6.55. The largest absolute Gasteiger partial charge is 0.394 e. The van der Waals surface area contributed by atoms with Gasteiger partial charge in [0.1, 0.15) is 0 Å². The molecule has 1 aliphatic carbocycles. The van der Waals surface area contributed by atoms with Gasteiger partial charge in [-0.1, -0.05) is 0 Å². The standard InChI is InChI=1S/C8H13NO2/c10-6-8(3-4-8)9-5-1-2-7(9)11/h10H,1-6H2. The van der Waals surface area contributed by atoms with Gasteiger partial charge in [0.05, 0.1) is 12.1 Å². The lowest BCUT2D eigenvalue weighted by atomic mass is 10.2. The summed E-state index contributed by atoms with van der Waals surface area (Å²) in [5.41, 5.74) is -0.117. The summed E-state index contributed by atoms with van der Waals surface area (Å²) in [6, 6.07) is 0. The van der Waals surface area contributed by atoms with Crippen molar-refractivity contribution in [2.45, 2.75) is 31.2 Å². The summed E-state index contributed by atoms with van der Waals surface area (Å²) < 4.78 is 0. The average Bonchev–Trinajstić information content (AvgIpc) is 2.70. The highest BCUT2D eigenvalue weighted by molar-refractivity contribution is 5.79. The van der Waals surface area contributed by atoms with Crippen molar-refractivity contribution in [3.63, 3.8) is 0 Å². The predicted octanol–water partition coefficient (Wildman–Crippen LogP) is 0.134. The SMILES string of the molecule is O=C1CCCN1C1(CO)CC1. The van der Waals surface area contributed by atoms with Gasteiger partial charge in [0.15, 0.2) is 0 Å². The second kappa shape index (κ2) is 2.21. The van der Waals surface area contributed by atoms with Gasteiger partial charge in [-0.3, -0.25) is 4.79 Å². The van der Waals surface area contributed by atoms with Crippen molar-refractivity contribution in [3.8, 4) is 0 Å². The highest BCUT2D eigenvalue weighted by Crippen LogP contribution is 2.43. The molecular formula is C8H13NO2. The summed E-state index contributed by atoms with van der Waals surface area (Å²) in [4.78, 5) is 13.1. The van der Waals surface area contributed by atoms with Crippen LogP contribution in [0.2, 0.25) is 0 Å². The maximum atomic E-state index is 11.2. The van der Waals surface area contributed by atoms with Crippen molar-refractivity contribution in [1.82, 2.24) is 4.90 Å². The van der Waals surface area contributed by atoms with Crippen LogP contribution in [-0.4, -0.2) is 34.6 Å². The molecule has 0 bridgehead atoms. The minimum absolute atomic E-state index is 0.117. The van der Waals surface area contributed by atoms with Crippen LogP contribution in [0, 0.1) is 0 Å². The minimum Gasteiger partial charge on any atom is -0.394 e. The molecule has 11 heavy (non-hydrogen) atoms. The Morgan fingerprint density at radius 1 is 1.55 bits per heavy atom. The maximum absolute atomic E-state index is 11.2. The number of amides is 1. The molecule has 3 heteroatoms. The third-order valence-corrected chi connectivity index (χ3v) is 2.77. The third kappa shape index (κ3) is 0.948. The summed E-state index contributed by atoms with van der Waals surface area (Å²) in [7, 11) is 0. The smallest absolute Gasteiger partial charge is 0.223 e. The van der Waals surface area contributed by atoms with Gasteiger partial charge < -0.3 is 10.0 Å². The molecule has 2 aliphatic rings. The monoisotopic (exact) mass is 155 g/mol. The molecular weight excluding hydrogens is 142 g/mol. The van der Waals surface area contributed by atoms with Crippen LogP contribution in [0.25, 0.3) is 0 Å². The second-order valence-corrected chi connectivity index (χ2v) is 3.53. The summed E-state index contributed by atoms with van der Waals surface area (Å²) >= 11 is 0. The van der Waals surface area contributed by atoms with E-state index in [4.69, 9.17) is 5.11 Å². The van der Waals surface area contributed by atoms with Crippen molar-refractivity contribution in [2.24, 2.45) is 0 Å². The summed E-state index contributed by atoms with van der Waals surface area (Å²) in [6.07, 6.45) is 3.65. The Labute approximate surface area is 66.0 Å². The van der Waals surface area contributed by atoms with Gasteiger partial charge in [0.2, 0.25) is 5.91 Å². The van der Waals surface area contributed by atoms with Crippen LogP contribution in [0.5, 0.6) is 0 Å². The quantitative estimate of drug-likeness (QED) is 0.616. The Morgan fingerprint density at radius 2 is 2.27 bits per heavy atom. The number of nitrogens with zero attached hydrogens (tertiary/aromatic N) is 1. The zero-order chi connectivity index (χ0) is 7.90. The molecule has 0 aromatic carbocycles. The van der Waals surface area contributed by atoms with E-state index in [0.29, 0.717) is 6.42 Å². The number of aliphatic hydroxyl groups is 1. The topological polar surface area (TPSA) is 40.5 Å². The minimum atomic E-state index is -0.117. The van der Waals surface area contributed by atoms with Gasteiger partial charge in [-0.2, -0.15) is 0 Å². The lowest BCUT2D eigenvalue weighted by molar-refractivity contribution is -0.131. The van der Waals surface area contributed by atoms with Crippen molar-refractivity contribution >= 4 is 5.91 Å². The average molecular weight is 155 g/mol. The van der Waals surface area contributed by atoms with Gasteiger partial charge >= 0.3 is 0 Å². The molecule has 62 valence electrons. The first-order chi connectivity index (χ1) is 5.28. The fraction of sp³-hybridized carbons (Fsp3) is 0.875. The van der Waals surface area contributed by atoms with E-state index in [1.807, 2.05) is 4.90 Å². The molecule has 0 aromatic heterocycles. The van der Waals surface area contributed by atoms with Gasteiger partial charge in [-0.25, -0.2) is 0 Å². The second-order valence-electron chi connectivity index (χ2n) is 3.53. The van der Waals surface area contributed by atoms with Crippen LogP contribution >= 0.6 is 0 Å². The predicted molar refractivity (Wildman–Crippen MR) is 40.0 cm³/mol. The molecule has 0 atom stereocenters. The number of hydrogen-bond acceptors (Lipinski definition) is 2. The number of likely N-dealkylation sites (tertiary alicyclic amines) is 1. The molecule has 0 spiro atoms. The van der Waals surface area contributed by atoms with Crippen LogP contribution in [0.4, 0.5) is 0 Å². The molecule has 1 N–H and O–H groups in total. The molecule has 1 heterocycles. The number of hydrogen-bond donors (Lipinski definition) is 1. The van der Waals surface area contributed by atoms with E-state index in [1.54, 1.807) is 0 Å². The van der Waals surface area contributed by atoms with Crippen LogP contribution in [0.15, 0.2) is 0 Å². The van der Waals surface area contributed by atoms with Crippen molar-refractivity contribution < 1.29 is 9.90 Å². The van der Waals surface area contributed by atoms with Crippen molar-refractivity contribution in [2.75, 3.05) is 13.2 Å². The first-order valence-electron chi connectivity index (χ1n) is 4.20. The van der Waals surface area contributed by atoms with E-state index < -0.39 is 0 Å². The maximum Gasteiger partial charge on any atom is 0.223 e. The molecule has 1 amide bonds. The highest BCUT2D eigenvalue weighted by Gasteiger charge is 2.50. The molecule has 1 aliphatic heterocycles. The normalized spacial score (nSPS) is 27.7.